The van der Waals surface area contributed by atoms with Gasteiger partial charge in [-0.15, -0.1) is 0 Å². The van der Waals surface area contributed by atoms with E-state index in [0.29, 0.717) is 56.1 Å². The van der Waals surface area contributed by atoms with Gasteiger partial charge in [-0.05, 0) is 69.9 Å². The molecule has 0 radical (unpaired) electrons. The number of hydrogen-bond donors (Lipinski definition) is 2. The van der Waals surface area contributed by atoms with E-state index in [1.807, 2.05) is 13.0 Å². The smallest absolute Gasteiger partial charge is 0.413 e. The number of carbonyl (C=O) groups excluding carboxylic acids is 3. The number of aldehydes is 1. The van der Waals surface area contributed by atoms with Crippen molar-refractivity contribution in [2.75, 3.05) is 19.8 Å². The number of hydrogen-bond acceptors (Lipinski definition) is 7. The minimum atomic E-state index is -4.65. The zero-order valence-corrected chi connectivity index (χ0v) is 24.7. The average molecular weight is 611 g/mol. The predicted octanol–water partition coefficient (Wildman–Crippen LogP) is 5.33. The molecule has 2 heterocycles. The summed E-state index contributed by atoms with van der Waals surface area (Å²) >= 11 is 0. The molecule has 2 N–H and O–H groups in total. The second kappa shape index (κ2) is 14.6. The highest BCUT2D eigenvalue weighted by Gasteiger charge is 2.47. The first-order valence-electron chi connectivity index (χ1n) is 15.1. The molecule has 0 aromatic carbocycles. The normalized spacial score (nSPS) is 27.2. The molecule has 43 heavy (non-hydrogen) atoms. The van der Waals surface area contributed by atoms with E-state index in [1.54, 1.807) is 6.92 Å². The van der Waals surface area contributed by atoms with Gasteiger partial charge >= 0.3 is 18.2 Å². The van der Waals surface area contributed by atoms with Gasteiger partial charge in [-0.25, -0.2) is 9.59 Å². The fourth-order valence-electron chi connectivity index (χ4n) is 5.86. The Labute approximate surface area is 249 Å². The van der Waals surface area contributed by atoms with Gasteiger partial charge in [0.2, 0.25) is 0 Å². The fourth-order valence-corrected chi connectivity index (χ4v) is 5.86. The maximum Gasteiger partial charge on any atom is 0.413 e. The maximum atomic E-state index is 13.5. The zero-order chi connectivity index (χ0) is 31.0. The molecule has 1 fully saturated rings. The number of nitrogens with one attached hydrogen (secondary N) is 2. The Bertz CT molecular complexity index is 1160. The van der Waals surface area contributed by atoms with Crippen molar-refractivity contribution in [3.05, 3.63) is 46.8 Å². The molecule has 5 atom stereocenters. The Morgan fingerprint density at radius 3 is 2.70 bits per heavy atom. The fraction of sp³-hybridized carbons (Fsp3) is 0.645. The minimum Gasteiger partial charge on any atom is -0.493 e. The van der Waals surface area contributed by atoms with Gasteiger partial charge in [0.05, 0.1) is 18.3 Å². The van der Waals surface area contributed by atoms with Crippen LogP contribution in [0.5, 0.6) is 0 Å². The summed E-state index contributed by atoms with van der Waals surface area (Å²) in [7, 11) is 0. The van der Waals surface area contributed by atoms with Crippen LogP contribution in [0.3, 0.4) is 0 Å². The lowest BCUT2D eigenvalue weighted by atomic mass is 9.81. The molecule has 0 bridgehead atoms. The Kier molecular flexibility index (Phi) is 11.1. The van der Waals surface area contributed by atoms with E-state index in [4.69, 9.17) is 18.9 Å². The molecule has 0 saturated carbocycles. The third-order valence-corrected chi connectivity index (χ3v) is 8.15. The van der Waals surface area contributed by atoms with E-state index in [2.05, 4.69) is 10.6 Å². The number of fused-ring (bicyclic) bond motifs is 1. The number of urea groups is 1. The van der Waals surface area contributed by atoms with Gasteiger partial charge in [-0.2, -0.15) is 13.2 Å². The second-order valence-corrected chi connectivity index (χ2v) is 11.4. The lowest BCUT2D eigenvalue weighted by Gasteiger charge is -2.35. The number of ether oxygens (including phenoxy) is 4. The van der Waals surface area contributed by atoms with E-state index in [1.165, 1.54) is 12.2 Å². The van der Waals surface area contributed by atoms with Crippen molar-refractivity contribution < 1.29 is 46.5 Å². The summed E-state index contributed by atoms with van der Waals surface area (Å²) in [5, 5.41) is 5.49. The van der Waals surface area contributed by atoms with Gasteiger partial charge in [-0.3, -0.25) is 0 Å². The topological polar surface area (TPSA) is 112 Å². The molecule has 2 aliphatic carbocycles. The van der Waals surface area contributed by atoms with Gasteiger partial charge in [0.25, 0.3) is 0 Å². The van der Waals surface area contributed by atoms with E-state index >= 15 is 0 Å². The van der Waals surface area contributed by atoms with Crippen LogP contribution in [0.1, 0.15) is 71.6 Å². The van der Waals surface area contributed by atoms with Crippen LogP contribution in [-0.4, -0.2) is 68.3 Å². The zero-order valence-electron chi connectivity index (χ0n) is 24.7. The predicted molar refractivity (Wildman–Crippen MR) is 151 cm³/mol. The molecule has 0 aromatic rings. The van der Waals surface area contributed by atoms with Crippen molar-refractivity contribution in [1.29, 1.82) is 0 Å². The number of allylic oxidation sites excluding steroid dienone is 1. The lowest BCUT2D eigenvalue weighted by Crippen LogP contribution is -2.53. The van der Waals surface area contributed by atoms with Crippen LogP contribution >= 0.6 is 0 Å². The third-order valence-electron chi connectivity index (χ3n) is 8.15. The van der Waals surface area contributed by atoms with Crippen molar-refractivity contribution in [2.45, 2.75) is 102 Å². The molecular formula is C31H41F3N2O7. The van der Waals surface area contributed by atoms with Gasteiger partial charge in [-0.1, -0.05) is 25.5 Å². The van der Waals surface area contributed by atoms with E-state index < -0.39 is 41.3 Å². The van der Waals surface area contributed by atoms with Crippen molar-refractivity contribution >= 4 is 18.3 Å². The largest absolute Gasteiger partial charge is 0.493 e. The second-order valence-electron chi connectivity index (χ2n) is 11.4. The molecule has 0 spiro atoms. The molecule has 2 amide bonds. The minimum absolute atomic E-state index is 0.0164. The molecule has 5 unspecified atom stereocenters. The lowest BCUT2D eigenvalue weighted by molar-refractivity contribution is -0.189. The van der Waals surface area contributed by atoms with Crippen LogP contribution in [0.2, 0.25) is 0 Å². The average Bonchev–Trinajstić information content (AvgIpc) is 2.98. The van der Waals surface area contributed by atoms with Crippen molar-refractivity contribution in [2.24, 2.45) is 5.92 Å². The summed E-state index contributed by atoms with van der Waals surface area (Å²) in [4.78, 5) is 36.6. The highest BCUT2D eigenvalue weighted by atomic mass is 19.4. The summed E-state index contributed by atoms with van der Waals surface area (Å²) in [5.74, 6) is -1.77. The molecule has 4 rings (SSSR count). The Balaban J connectivity index is 1.24. The van der Waals surface area contributed by atoms with Crippen LogP contribution in [-0.2, 0) is 28.5 Å². The standard InChI is InChI=1S/C31H41F3N2O7/c1-3-7-23-25(14-13-22-24(31(32,33)34)18-26(38)43-28(22)23)40-17-6-15-35-29(39)36-30(2,19-37)20-9-11-21(12-10-20)42-27-8-4-5-16-41-27/h9,13-14,18-19,21-22,27-28H,3-8,10-12,15-17H2,1-2H3,(H2,35,36,39). The van der Waals surface area contributed by atoms with Crippen LogP contribution in [0.4, 0.5) is 18.0 Å². The first-order valence-corrected chi connectivity index (χ1v) is 15.1. The molecule has 238 valence electrons. The summed E-state index contributed by atoms with van der Waals surface area (Å²) in [6, 6.07) is -0.503. The number of halogens is 3. The quantitative estimate of drug-likeness (QED) is 0.133. The van der Waals surface area contributed by atoms with E-state index in [9.17, 15) is 27.6 Å². The Morgan fingerprint density at radius 2 is 2.05 bits per heavy atom. The number of alkyl halides is 3. The summed E-state index contributed by atoms with van der Waals surface area (Å²) in [5.41, 5.74) is -0.751. The first kappa shape index (κ1) is 32.8. The number of rotatable bonds is 12. The van der Waals surface area contributed by atoms with Gasteiger partial charge in [0.1, 0.15) is 23.7 Å². The molecule has 9 nitrogen and oxygen atoms in total. The Morgan fingerprint density at radius 1 is 1.23 bits per heavy atom. The van der Waals surface area contributed by atoms with Gasteiger partial charge in [0.15, 0.2) is 6.29 Å². The highest BCUT2D eigenvalue weighted by molar-refractivity contribution is 5.85. The van der Waals surface area contributed by atoms with Crippen LogP contribution in [0.25, 0.3) is 0 Å². The third kappa shape index (κ3) is 8.50. The molecule has 0 aromatic heterocycles. The molecular weight excluding hydrogens is 569 g/mol. The summed E-state index contributed by atoms with van der Waals surface area (Å²) < 4.78 is 63.5. The van der Waals surface area contributed by atoms with E-state index in [0.717, 1.165) is 37.5 Å². The summed E-state index contributed by atoms with van der Waals surface area (Å²) in [6.45, 7) is 4.66. The summed E-state index contributed by atoms with van der Waals surface area (Å²) in [6.07, 6.45) is 6.60. The molecule has 4 aliphatic rings. The van der Waals surface area contributed by atoms with Crippen molar-refractivity contribution in [3.8, 4) is 0 Å². The number of esters is 1. The van der Waals surface area contributed by atoms with Gasteiger partial charge < -0.3 is 34.4 Å². The van der Waals surface area contributed by atoms with Crippen LogP contribution in [0.15, 0.2) is 46.8 Å². The first-order chi connectivity index (χ1) is 20.5. The molecule has 1 saturated heterocycles. The van der Waals surface area contributed by atoms with E-state index in [-0.39, 0.29) is 25.5 Å². The van der Waals surface area contributed by atoms with Crippen LogP contribution in [0, 0.1) is 5.92 Å². The monoisotopic (exact) mass is 610 g/mol. The van der Waals surface area contributed by atoms with Crippen molar-refractivity contribution in [3.63, 3.8) is 0 Å². The molecule has 12 heteroatoms. The maximum absolute atomic E-state index is 13.5. The highest BCUT2D eigenvalue weighted by Crippen LogP contribution is 2.43. The molecule has 2 aliphatic heterocycles. The number of amides is 2. The van der Waals surface area contributed by atoms with Crippen molar-refractivity contribution in [1.82, 2.24) is 10.6 Å². The Hall–Kier alpha value is -3.12. The SMILES string of the molecule is CCCC1=C(OCCCNC(=O)NC(C)(C=O)C2=CCC(OC3CCCCO3)CC2)C=CC2C(C(F)(F)F)=CC(=O)OC12. The van der Waals surface area contributed by atoms with Gasteiger partial charge in [0, 0.05) is 30.7 Å². The van der Waals surface area contributed by atoms with Crippen LogP contribution < -0.4 is 10.6 Å². The number of carbonyl (C=O) groups is 3.